The van der Waals surface area contributed by atoms with E-state index in [1.807, 2.05) is 24.3 Å². The average molecular weight is 569 g/mol. The number of urea groups is 1. The summed E-state index contributed by atoms with van der Waals surface area (Å²) in [5, 5.41) is 3.29. The minimum atomic E-state index is -0.762. The van der Waals surface area contributed by atoms with Crippen LogP contribution < -0.4 is 19.9 Å². The van der Waals surface area contributed by atoms with Crippen molar-refractivity contribution in [3.8, 4) is 18.1 Å². The molecule has 202 valence electrons. The molecule has 0 saturated heterocycles. The molecule has 1 aliphatic heterocycles. The highest BCUT2D eigenvalue weighted by Gasteiger charge is 2.41. The SMILES string of the molecule is C#CC(C)Oc1cc(N2C(=O)C3=C(CCCC3)C2=O)c(F)cc1Cl.CNC(=O)N(C)c1nc2ccccc2s1. The molecule has 1 unspecified atom stereocenters. The van der Waals surface area contributed by atoms with Gasteiger partial charge in [0.2, 0.25) is 0 Å². The van der Waals surface area contributed by atoms with Gasteiger partial charge in [0.25, 0.3) is 11.8 Å². The third-order valence-electron chi connectivity index (χ3n) is 6.26. The third kappa shape index (κ3) is 5.75. The second-order valence-electron chi connectivity index (χ2n) is 8.85. The Morgan fingerprint density at radius 2 is 1.87 bits per heavy atom. The highest BCUT2D eigenvalue weighted by Crippen LogP contribution is 2.39. The van der Waals surface area contributed by atoms with Crippen LogP contribution in [0.15, 0.2) is 47.5 Å². The average Bonchev–Trinajstić information content (AvgIpc) is 3.49. The standard InChI is InChI=1S/C18H15ClFNO3.C10H11N3OS/c1-3-10(2)24-16-9-15(14(20)8-13(16)19)21-17(22)11-6-4-5-7-12(11)18(21)23;1-11-9(14)13(2)10-12-7-5-3-4-6-8(7)15-10/h1,8-10H,4-7H2,2H3;3-6H,1-2H3,(H,11,14). The second kappa shape index (κ2) is 11.8. The van der Waals surface area contributed by atoms with Crippen LogP contribution in [0.1, 0.15) is 32.6 Å². The molecule has 0 spiro atoms. The maximum absolute atomic E-state index is 14.4. The number of carbonyl (C=O) groups excluding carboxylic acids is 3. The Balaban J connectivity index is 0.000000202. The van der Waals surface area contributed by atoms with Gasteiger partial charge < -0.3 is 10.1 Å². The van der Waals surface area contributed by atoms with Crippen LogP contribution in [0.4, 0.5) is 20.0 Å². The number of hydrogen-bond acceptors (Lipinski definition) is 6. The Morgan fingerprint density at radius 1 is 1.23 bits per heavy atom. The largest absolute Gasteiger partial charge is 0.476 e. The van der Waals surface area contributed by atoms with Gasteiger partial charge in [0.15, 0.2) is 11.2 Å². The van der Waals surface area contributed by atoms with E-state index in [2.05, 4.69) is 16.2 Å². The van der Waals surface area contributed by atoms with Crippen LogP contribution in [0.5, 0.6) is 5.75 Å². The Morgan fingerprint density at radius 3 is 2.46 bits per heavy atom. The number of nitrogens with one attached hydrogen (secondary N) is 1. The first kappa shape index (κ1) is 28.1. The lowest BCUT2D eigenvalue weighted by atomic mass is 9.93. The van der Waals surface area contributed by atoms with Crippen molar-refractivity contribution in [3.05, 3.63) is 58.4 Å². The van der Waals surface area contributed by atoms with Crippen LogP contribution in [0.2, 0.25) is 5.02 Å². The first-order chi connectivity index (χ1) is 18.7. The molecular weight excluding hydrogens is 543 g/mol. The fraction of sp³-hybridized carbons (Fsp3) is 0.286. The lowest BCUT2D eigenvalue weighted by molar-refractivity contribution is -0.120. The van der Waals surface area contributed by atoms with Crippen molar-refractivity contribution in [2.24, 2.45) is 0 Å². The summed E-state index contributed by atoms with van der Waals surface area (Å²) in [6.07, 6.45) is 7.47. The van der Waals surface area contributed by atoms with E-state index in [9.17, 15) is 18.8 Å². The van der Waals surface area contributed by atoms with E-state index in [0.29, 0.717) is 29.1 Å². The molecule has 0 fully saturated rings. The van der Waals surface area contributed by atoms with E-state index < -0.39 is 23.7 Å². The zero-order valence-corrected chi connectivity index (χ0v) is 23.2. The van der Waals surface area contributed by atoms with Gasteiger partial charge in [-0.15, -0.1) is 6.42 Å². The van der Waals surface area contributed by atoms with Crippen molar-refractivity contribution >= 4 is 61.8 Å². The second-order valence-corrected chi connectivity index (χ2v) is 10.3. The summed E-state index contributed by atoms with van der Waals surface area (Å²) >= 11 is 7.47. The molecule has 2 aromatic carbocycles. The summed E-state index contributed by atoms with van der Waals surface area (Å²) in [6.45, 7) is 1.63. The molecule has 2 aliphatic rings. The van der Waals surface area contributed by atoms with Crippen molar-refractivity contribution in [2.75, 3.05) is 23.9 Å². The molecule has 2 heterocycles. The molecule has 1 aliphatic carbocycles. The quantitative estimate of drug-likeness (QED) is 0.322. The number of fused-ring (bicyclic) bond motifs is 1. The number of anilines is 2. The van der Waals surface area contributed by atoms with Crippen LogP contribution in [0, 0.1) is 18.2 Å². The zero-order chi connectivity index (χ0) is 28.3. The molecule has 1 atom stereocenters. The molecule has 1 N–H and O–H groups in total. The molecular formula is C28H26ClFN4O4S. The number of para-hydroxylation sites is 1. The highest BCUT2D eigenvalue weighted by molar-refractivity contribution is 7.22. The number of terminal acetylenes is 1. The summed E-state index contributed by atoms with van der Waals surface area (Å²) in [4.78, 5) is 43.2. The number of aromatic nitrogens is 1. The van der Waals surface area contributed by atoms with Gasteiger partial charge in [-0.2, -0.15) is 0 Å². The molecule has 0 radical (unpaired) electrons. The number of thiazole rings is 1. The van der Waals surface area contributed by atoms with Crippen molar-refractivity contribution in [1.29, 1.82) is 0 Å². The molecule has 4 amide bonds. The number of ether oxygens (including phenoxy) is 1. The smallest absolute Gasteiger partial charge is 0.323 e. The fourth-order valence-corrected chi connectivity index (χ4v) is 5.34. The number of imide groups is 1. The van der Waals surface area contributed by atoms with Gasteiger partial charge in [-0.1, -0.05) is 41.0 Å². The normalized spacial score (nSPS) is 15.3. The highest BCUT2D eigenvalue weighted by atomic mass is 35.5. The van der Waals surface area contributed by atoms with E-state index in [0.717, 1.165) is 34.0 Å². The van der Waals surface area contributed by atoms with Gasteiger partial charge in [-0.3, -0.25) is 14.5 Å². The minimum Gasteiger partial charge on any atom is -0.476 e. The van der Waals surface area contributed by atoms with Crippen LogP contribution in [-0.2, 0) is 9.59 Å². The molecule has 1 aromatic heterocycles. The van der Waals surface area contributed by atoms with Crippen LogP contribution in [0.25, 0.3) is 10.2 Å². The molecule has 5 rings (SSSR count). The summed E-state index contributed by atoms with van der Waals surface area (Å²) in [7, 11) is 3.31. The summed E-state index contributed by atoms with van der Waals surface area (Å²) in [5.41, 5.74) is 1.73. The first-order valence-corrected chi connectivity index (χ1v) is 13.4. The summed E-state index contributed by atoms with van der Waals surface area (Å²) in [6, 6.07) is 9.94. The molecule has 3 aromatic rings. The number of benzene rings is 2. The molecule has 0 saturated carbocycles. The maximum atomic E-state index is 14.4. The van der Waals surface area contributed by atoms with Crippen molar-refractivity contribution in [2.45, 2.75) is 38.7 Å². The first-order valence-electron chi connectivity index (χ1n) is 12.2. The number of amides is 4. The van der Waals surface area contributed by atoms with Gasteiger partial charge >= 0.3 is 6.03 Å². The van der Waals surface area contributed by atoms with Crippen molar-refractivity contribution in [3.63, 3.8) is 0 Å². The summed E-state index contributed by atoms with van der Waals surface area (Å²) < 4.78 is 20.9. The fourth-order valence-electron chi connectivity index (χ4n) is 4.22. The zero-order valence-electron chi connectivity index (χ0n) is 21.6. The van der Waals surface area contributed by atoms with E-state index in [4.69, 9.17) is 22.8 Å². The third-order valence-corrected chi connectivity index (χ3v) is 7.67. The lowest BCUT2D eigenvalue weighted by Gasteiger charge is -2.19. The lowest BCUT2D eigenvalue weighted by Crippen LogP contribution is -2.34. The molecule has 39 heavy (non-hydrogen) atoms. The molecule has 0 bridgehead atoms. The molecule has 8 nitrogen and oxygen atoms in total. The number of hydrogen-bond donors (Lipinski definition) is 1. The van der Waals surface area contributed by atoms with Crippen LogP contribution in [0.3, 0.4) is 0 Å². The van der Waals surface area contributed by atoms with E-state index in [-0.39, 0.29) is 22.5 Å². The molecule has 11 heteroatoms. The Kier molecular flexibility index (Phi) is 8.53. The van der Waals surface area contributed by atoms with Gasteiger partial charge in [-0.25, -0.2) is 19.1 Å². The maximum Gasteiger partial charge on any atom is 0.323 e. The Hall–Kier alpha value is -3.94. The number of halogens is 2. The van der Waals surface area contributed by atoms with E-state index in [1.165, 1.54) is 22.3 Å². The number of nitrogens with zero attached hydrogens (tertiary/aromatic N) is 3. The van der Waals surface area contributed by atoms with E-state index >= 15 is 0 Å². The van der Waals surface area contributed by atoms with Crippen molar-refractivity contribution < 1.29 is 23.5 Å². The summed E-state index contributed by atoms with van der Waals surface area (Å²) in [5.74, 6) is 0.807. The number of rotatable bonds is 4. The van der Waals surface area contributed by atoms with Gasteiger partial charge in [0.05, 0.1) is 20.9 Å². The minimum absolute atomic E-state index is 0.0233. The topological polar surface area (TPSA) is 91.8 Å². The number of carbonyl (C=O) groups is 3. The van der Waals surface area contributed by atoms with Gasteiger partial charge in [0, 0.05) is 31.3 Å². The predicted molar refractivity (Wildman–Crippen MR) is 151 cm³/mol. The van der Waals surface area contributed by atoms with Crippen LogP contribution in [-0.4, -0.2) is 43.0 Å². The van der Waals surface area contributed by atoms with Crippen LogP contribution >= 0.6 is 22.9 Å². The van der Waals surface area contributed by atoms with Crippen molar-refractivity contribution in [1.82, 2.24) is 10.3 Å². The predicted octanol–water partition coefficient (Wildman–Crippen LogP) is 5.70. The Labute approximate surface area is 234 Å². The monoisotopic (exact) mass is 568 g/mol. The van der Waals surface area contributed by atoms with E-state index in [1.54, 1.807) is 21.0 Å². The van der Waals surface area contributed by atoms with Gasteiger partial charge in [0.1, 0.15) is 11.6 Å². The van der Waals surface area contributed by atoms with Gasteiger partial charge in [-0.05, 0) is 50.8 Å². The Bertz CT molecular complexity index is 1470.